The summed E-state index contributed by atoms with van der Waals surface area (Å²) in [5, 5.41) is 8.69. The fourth-order valence-electron chi connectivity index (χ4n) is 1.76. The summed E-state index contributed by atoms with van der Waals surface area (Å²) < 4.78 is 0. The number of hydrogen-bond acceptors (Lipinski definition) is 3. The predicted molar refractivity (Wildman–Crippen MR) is 59.7 cm³/mol. The fraction of sp³-hybridized carbons (Fsp3) is 0.818. The van der Waals surface area contributed by atoms with Crippen molar-refractivity contribution in [2.45, 2.75) is 19.8 Å². The summed E-state index contributed by atoms with van der Waals surface area (Å²) in [6, 6.07) is 0. The zero-order valence-corrected chi connectivity index (χ0v) is 9.98. The van der Waals surface area contributed by atoms with Crippen molar-refractivity contribution < 1.29 is 14.7 Å². The molecular formula is C11H20N2O3. The minimum atomic E-state index is -0.524. The zero-order chi connectivity index (χ0) is 12.1. The number of aliphatic hydroxyl groups is 1. The maximum atomic E-state index is 11.8. The highest BCUT2D eigenvalue weighted by molar-refractivity contribution is 6.34. The van der Waals surface area contributed by atoms with Gasteiger partial charge in [0.15, 0.2) is 0 Å². The molecule has 1 N–H and O–H groups in total. The number of likely N-dealkylation sites (N-methyl/N-ethyl adjacent to an activating group) is 1. The lowest BCUT2D eigenvalue weighted by Gasteiger charge is -2.30. The molecule has 0 aromatic rings. The third-order valence-corrected chi connectivity index (χ3v) is 3.04. The van der Waals surface area contributed by atoms with Gasteiger partial charge >= 0.3 is 11.8 Å². The van der Waals surface area contributed by atoms with E-state index < -0.39 is 11.8 Å². The van der Waals surface area contributed by atoms with Crippen LogP contribution in [0.3, 0.4) is 0 Å². The summed E-state index contributed by atoms with van der Waals surface area (Å²) in [6.45, 7) is 3.57. The van der Waals surface area contributed by atoms with Crippen LogP contribution in [0, 0.1) is 5.92 Å². The summed E-state index contributed by atoms with van der Waals surface area (Å²) in [5.74, 6) is -0.333. The Morgan fingerprint density at radius 1 is 1.38 bits per heavy atom. The van der Waals surface area contributed by atoms with E-state index in [1.54, 1.807) is 4.90 Å². The van der Waals surface area contributed by atoms with E-state index in [9.17, 15) is 9.59 Å². The lowest BCUT2D eigenvalue weighted by Crippen LogP contribution is -2.47. The lowest BCUT2D eigenvalue weighted by molar-refractivity contribution is -0.152. The molecule has 0 bridgehead atoms. The third-order valence-electron chi connectivity index (χ3n) is 3.04. The fourth-order valence-corrected chi connectivity index (χ4v) is 1.76. The third kappa shape index (κ3) is 3.20. The number of amides is 2. The average molecular weight is 228 g/mol. The summed E-state index contributed by atoms with van der Waals surface area (Å²) in [6.07, 6.45) is 1.92. The van der Waals surface area contributed by atoms with Crippen LogP contribution >= 0.6 is 0 Å². The van der Waals surface area contributed by atoms with Crippen LogP contribution in [0.5, 0.6) is 0 Å². The first kappa shape index (κ1) is 13.0. The molecule has 1 saturated heterocycles. The van der Waals surface area contributed by atoms with Gasteiger partial charge in [0.2, 0.25) is 0 Å². The zero-order valence-electron chi connectivity index (χ0n) is 9.98. The average Bonchev–Trinajstić information content (AvgIpc) is 2.28. The molecule has 0 spiro atoms. The van der Waals surface area contributed by atoms with Gasteiger partial charge in [-0.25, -0.2) is 0 Å². The van der Waals surface area contributed by atoms with E-state index in [1.165, 1.54) is 11.9 Å². The van der Waals surface area contributed by atoms with Gasteiger partial charge < -0.3 is 14.9 Å². The van der Waals surface area contributed by atoms with Crippen LogP contribution in [-0.4, -0.2) is 60.0 Å². The van der Waals surface area contributed by atoms with Crippen molar-refractivity contribution in [1.82, 2.24) is 9.80 Å². The molecule has 0 aromatic carbocycles. The number of rotatable bonds is 2. The van der Waals surface area contributed by atoms with Crippen molar-refractivity contribution in [2.24, 2.45) is 5.92 Å². The van der Waals surface area contributed by atoms with Crippen molar-refractivity contribution in [1.29, 1.82) is 0 Å². The van der Waals surface area contributed by atoms with Crippen LogP contribution in [0.25, 0.3) is 0 Å². The van der Waals surface area contributed by atoms with Gasteiger partial charge in [0, 0.05) is 26.7 Å². The number of likely N-dealkylation sites (tertiary alicyclic amines) is 1. The molecule has 2 amide bonds. The normalized spacial score (nSPS) is 17.3. The maximum absolute atomic E-state index is 11.8. The molecule has 0 atom stereocenters. The first-order valence-corrected chi connectivity index (χ1v) is 5.71. The van der Waals surface area contributed by atoms with Gasteiger partial charge in [-0.15, -0.1) is 0 Å². The van der Waals surface area contributed by atoms with Crippen molar-refractivity contribution >= 4 is 11.8 Å². The molecule has 0 aromatic heterocycles. The Bertz CT molecular complexity index is 260. The SMILES string of the molecule is CC1CCN(C(=O)C(=O)N(C)CCO)CC1. The first-order valence-electron chi connectivity index (χ1n) is 5.71. The van der Waals surface area contributed by atoms with Crippen molar-refractivity contribution in [2.75, 3.05) is 33.3 Å². The van der Waals surface area contributed by atoms with Crippen LogP contribution in [0.2, 0.25) is 0 Å². The second-order valence-electron chi connectivity index (χ2n) is 4.43. The summed E-state index contributed by atoms with van der Waals surface area (Å²) in [7, 11) is 1.53. The van der Waals surface area contributed by atoms with E-state index in [0.29, 0.717) is 19.0 Å². The van der Waals surface area contributed by atoms with Crippen molar-refractivity contribution in [3.63, 3.8) is 0 Å². The molecule has 1 heterocycles. The van der Waals surface area contributed by atoms with E-state index >= 15 is 0 Å². The largest absolute Gasteiger partial charge is 0.395 e. The van der Waals surface area contributed by atoms with Crippen LogP contribution in [0.15, 0.2) is 0 Å². The predicted octanol–water partition coefficient (Wildman–Crippen LogP) is -0.304. The van der Waals surface area contributed by atoms with Crippen LogP contribution < -0.4 is 0 Å². The Hall–Kier alpha value is -1.10. The minimum Gasteiger partial charge on any atom is -0.395 e. The summed E-state index contributed by atoms with van der Waals surface area (Å²) in [4.78, 5) is 26.3. The number of carbonyl (C=O) groups is 2. The lowest BCUT2D eigenvalue weighted by atomic mass is 9.99. The van der Waals surface area contributed by atoms with Gasteiger partial charge in [0.05, 0.1) is 6.61 Å². The van der Waals surface area contributed by atoms with Gasteiger partial charge in [-0.2, -0.15) is 0 Å². The molecule has 1 aliphatic rings. The molecule has 0 radical (unpaired) electrons. The van der Waals surface area contributed by atoms with Crippen molar-refractivity contribution in [3.05, 3.63) is 0 Å². The molecule has 16 heavy (non-hydrogen) atoms. The number of carbonyl (C=O) groups excluding carboxylic acids is 2. The Morgan fingerprint density at radius 3 is 2.44 bits per heavy atom. The second kappa shape index (κ2) is 5.84. The Kier molecular flexibility index (Phi) is 4.73. The van der Waals surface area contributed by atoms with E-state index in [1.807, 2.05) is 0 Å². The standard InChI is InChI=1S/C11H20N2O3/c1-9-3-5-13(6-4-9)11(16)10(15)12(2)7-8-14/h9,14H,3-8H2,1-2H3. The molecule has 0 saturated carbocycles. The number of piperidine rings is 1. The molecule has 5 heteroatoms. The highest BCUT2D eigenvalue weighted by atomic mass is 16.3. The van der Waals surface area contributed by atoms with Gasteiger partial charge in [-0.1, -0.05) is 6.92 Å². The van der Waals surface area contributed by atoms with Gasteiger partial charge in [-0.05, 0) is 18.8 Å². The van der Waals surface area contributed by atoms with Gasteiger partial charge in [0.1, 0.15) is 0 Å². The Balaban J connectivity index is 2.47. The van der Waals surface area contributed by atoms with E-state index in [0.717, 1.165) is 12.8 Å². The maximum Gasteiger partial charge on any atom is 0.312 e. The molecule has 5 nitrogen and oxygen atoms in total. The number of nitrogens with zero attached hydrogens (tertiary/aromatic N) is 2. The molecule has 0 unspecified atom stereocenters. The van der Waals surface area contributed by atoms with Crippen molar-refractivity contribution in [3.8, 4) is 0 Å². The smallest absolute Gasteiger partial charge is 0.312 e. The quantitative estimate of drug-likeness (QED) is 0.660. The topological polar surface area (TPSA) is 60.9 Å². The molecule has 0 aliphatic carbocycles. The van der Waals surface area contributed by atoms with E-state index in [4.69, 9.17) is 5.11 Å². The van der Waals surface area contributed by atoms with Crippen LogP contribution in [-0.2, 0) is 9.59 Å². The van der Waals surface area contributed by atoms with E-state index in [-0.39, 0.29) is 13.2 Å². The second-order valence-corrected chi connectivity index (χ2v) is 4.43. The Labute approximate surface area is 96.0 Å². The molecular weight excluding hydrogens is 208 g/mol. The molecule has 1 fully saturated rings. The minimum absolute atomic E-state index is 0.118. The highest BCUT2D eigenvalue weighted by Crippen LogP contribution is 2.16. The Morgan fingerprint density at radius 2 is 1.94 bits per heavy atom. The van der Waals surface area contributed by atoms with Gasteiger partial charge in [-0.3, -0.25) is 9.59 Å². The van der Waals surface area contributed by atoms with E-state index in [2.05, 4.69) is 6.92 Å². The van der Waals surface area contributed by atoms with Gasteiger partial charge in [0.25, 0.3) is 0 Å². The van der Waals surface area contributed by atoms with Crippen LogP contribution in [0.1, 0.15) is 19.8 Å². The van der Waals surface area contributed by atoms with Crippen LogP contribution in [0.4, 0.5) is 0 Å². The molecule has 1 aliphatic heterocycles. The molecule has 1 rings (SSSR count). The number of aliphatic hydroxyl groups excluding tert-OH is 1. The summed E-state index contributed by atoms with van der Waals surface area (Å²) >= 11 is 0. The summed E-state index contributed by atoms with van der Waals surface area (Å²) in [5.41, 5.74) is 0. The number of hydrogen-bond donors (Lipinski definition) is 1. The monoisotopic (exact) mass is 228 g/mol. The first-order chi connectivity index (χ1) is 7.56. The highest BCUT2D eigenvalue weighted by Gasteiger charge is 2.27. The molecule has 92 valence electrons.